The highest BCUT2D eigenvalue weighted by Gasteiger charge is 2.15. The van der Waals surface area contributed by atoms with E-state index in [2.05, 4.69) is 10.4 Å². The molecule has 1 amide bonds. The van der Waals surface area contributed by atoms with Crippen molar-refractivity contribution < 1.29 is 9.53 Å². The molecule has 0 unspecified atom stereocenters. The number of nitrogens with zero attached hydrogens (tertiary/aromatic N) is 2. The maximum atomic E-state index is 11.6. The maximum Gasteiger partial charge on any atom is 0.407 e. The van der Waals surface area contributed by atoms with Crippen molar-refractivity contribution in [1.82, 2.24) is 15.1 Å². The monoisotopic (exact) mass is 336 g/mol. The van der Waals surface area contributed by atoms with Crippen LogP contribution in [0.25, 0.3) is 11.1 Å². The molecule has 0 aliphatic heterocycles. The predicted octanol–water partition coefficient (Wildman–Crippen LogP) is 3.31. The largest absolute Gasteiger partial charge is 0.444 e. The SMILES string of the molecule is CC(C)(C)OC(=O)NCCn1cc(-c2cc(N)ccc2Cl)cn1. The molecule has 0 fully saturated rings. The molecule has 2 rings (SSSR count). The number of nitrogen functional groups attached to an aromatic ring is 1. The summed E-state index contributed by atoms with van der Waals surface area (Å²) in [6, 6.07) is 5.32. The van der Waals surface area contributed by atoms with Gasteiger partial charge < -0.3 is 15.8 Å². The van der Waals surface area contributed by atoms with Crippen molar-refractivity contribution in [2.45, 2.75) is 32.9 Å². The summed E-state index contributed by atoms with van der Waals surface area (Å²) in [4.78, 5) is 11.6. The van der Waals surface area contributed by atoms with Crippen LogP contribution in [-0.4, -0.2) is 28.0 Å². The Morgan fingerprint density at radius 2 is 2.17 bits per heavy atom. The molecular formula is C16H21ClN4O2. The first-order chi connectivity index (χ1) is 10.7. The number of benzene rings is 1. The van der Waals surface area contributed by atoms with E-state index in [9.17, 15) is 4.79 Å². The zero-order valence-corrected chi connectivity index (χ0v) is 14.2. The Bertz CT molecular complexity index is 692. The van der Waals surface area contributed by atoms with E-state index in [0.717, 1.165) is 11.1 Å². The summed E-state index contributed by atoms with van der Waals surface area (Å²) in [7, 11) is 0. The first kappa shape index (κ1) is 17.1. The number of aromatic nitrogens is 2. The second kappa shape index (κ2) is 6.91. The number of ether oxygens (including phenoxy) is 1. The molecule has 1 heterocycles. The van der Waals surface area contributed by atoms with Gasteiger partial charge in [-0.15, -0.1) is 0 Å². The second-order valence-corrected chi connectivity index (χ2v) is 6.57. The minimum absolute atomic E-state index is 0.417. The van der Waals surface area contributed by atoms with E-state index in [0.29, 0.717) is 23.8 Å². The highest BCUT2D eigenvalue weighted by atomic mass is 35.5. The van der Waals surface area contributed by atoms with E-state index < -0.39 is 11.7 Å². The van der Waals surface area contributed by atoms with E-state index in [1.54, 1.807) is 23.0 Å². The van der Waals surface area contributed by atoms with E-state index in [1.807, 2.05) is 33.0 Å². The average molecular weight is 337 g/mol. The van der Waals surface area contributed by atoms with Crippen molar-refractivity contribution in [2.24, 2.45) is 0 Å². The molecule has 0 aliphatic carbocycles. The van der Waals surface area contributed by atoms with Crippen LogP contribution in [0.15, 0.2) is 30.6 Å². The van der Waals surface area contributed by atoms with Crippen molar-refractivity contribution >= 4 is 23.4 Å². The number of nitrogens with one attached hydrogen (secondary N) is 1. The Hall–Kier alpha value is -2.21. The normalized spacial score (nSPS) is 11.3. The van der Waals surface area contributed by atoms with Crippen LogP contribution < -0.4 is 11.1 Å². The third kappa shape index (κ3) is 5.17. The van der Waals surface area contributed by atoms with Crippen molar-refractivity contribution in [3.63, 3.8) is 0 Å². The van der Waals surface area contributed by atoms with Gasteiger partial charge in [0, 0.05) is 34.6 Å². The molecule has 6 nitrogen and oxygen atoms in total. The molecule has 0 spiro atoms. The average Bonchev–Trinajstić information content (AvgIpc) is 2.88. The van der Waals surface area contributed by atoms with Crippen LogP contribution in [0.4, 0.5) is 10.5 Å². The van der Waals surface area contributed by atoms with Crippen LogP contribution in [0, 0.1) is 0 Å². The minimum Gasteiger partial charge on any atom is -0.444 e. The lowest BCUT2D eigenvalue weighted by Crippen LogP contribution is -2.34. The summed E-state index contributed by atoms with van der Waals surface area (Å²) in [5, 5.41) is 7.57. The molecule has 1 aromatic heterocycles. The van der Waals surface area contributed by atoms with Gasteiger partial charge in [0.25, 0.3) is 0 Å². The van der Waals surface area contributed by atoms with Gasteiger partial charge in [-0.05, 0) is 39.0 Å². The van der Waals surface area contributed by atoms with Crippen molar-refractivity contribution in [3.8, 4) is 11.1 Å². The first-order valence-electron chi connectivity index (χ1n) is 7.29. The highest BCUT2D eigenvalue weighted by molar-refractivity contribution is 6.33. The van der Waals surface area contributed by atoms with Gasteiger partial charge >= 0.3 is 6.09 Å². The minimum atomic E-state index is -0.507. The third-order valence-corrected chi connectivity index (χ3v) is 3.27. The lowest BCUT2D eigenvalue weighted by Gasteiger charge is -2.19. The summed E-state index contributed by atoms with van der Waals surface area (Å²) in [5.41, 5.74) is 7.63. The van der Waals surface area contributed by atoms with Gasteiger partial charge in [-0.3, -0.25) is 4.68 Å². The van der Waals surface area contributed by atoms with E-state index in [-0.39, 0.29) is 0 Å². The summed E-state index contributed by atoms with van der Waals surface area (Å²) in [6.45, 7) is 6.41. The summed E-state index contributed by atoms with van der Waals surface area (Å²) < 4.78 is 6.90. The zero-order chi connectivity index (χ0) is 17.0. The molecule has 1 aromatic carbocycles. The van der Waals surface area contributed by atoms with Gasteiger partial charge in [0.05, 0.1) is 12.7 Å². The van der Waals surface area contributed by atoms with Gasteiger partial charge in [-0.25, -0.2) is 4.79 Å². The number of carbonyl (C=O) groups excluding carboxylic acids is 1. The lowest BCUT2D eigenvalue weighted by molar-refractivity contribution is 0.0525. The number of halogens is 1. The summed E-state index contributed by atoms with van der Waals surface area (Å²) in [5.74, 6) is 0. The van der Waals surface area contributed by atoms with Gasteiger partial charge in [0.1, 0.15) is 5.60 Å². The molecule has 0 saturated carbocycles. The molecule has 0 aliphatic rings. The lowest BCUT2D eigenvalue weighted by atomic mass is 10.1. The summed E-state index contributed by atoms with van der Waals surface area (Å²) in [6.07, 6.45) is 3.13. The maximum absolute atomic E-state index is 11.6. The fraction of sp³-hybridized carbons (Fsp3) is 0.375. The van der Waals surface area contributed by atoms with Crippen LogP contribution in [0.3, 0.4) is 0 Å². The van der Waals surface area contributed by atoms with Crippen LogP contribution in [-0.2, 0) is 11.3 Å². The molecular weight excluding hydrogens is 316 g/mol. The van der Waals surface area contributed by atoms with Gasteiger partial charge in [-0.2, -0.15) is 5.10 Å². The number of hydrogen-bond donors (Lipinski definition) is 2. The van der Waals surface area contributed by atoms with Crippen molar-refractivity contribution in [2.75, 3.05) is 12.3 Å². The van der Waals surface area contributed by atoms with Gasteiger partial charge in [0.15, 0.2) is 0 Å². The topological polar surface area (TPSA) is 82.2 Å². The molecule has 0 saturated heterocycles. The first-order valence-corrected chi connectivity index (χ1v) is 7.67. The highest BCUT2D eigenvalue weighted by Crippen LogP contribution is 2.29. The Morgan fingerprint density at radius 1 is 1.43 bits per heavy atom. The van der Waals surface area contributed by atoms with Crippen LogP contribution in [0.2, 0.25) is 5.02 Å². The molecule has 0 radical (unpaired) electrons. The van der Waals surface area contributed by atoms with E-state index in [4.69, 9.17) is 22.1 Å². The third-order valence-electron chi connectivity index (χ3n) is 2.94. The fourth-order valence-electron chi connectivity index (χ4n) is 1.98. The Kier molecular flexibility index (Phi) is 5.15. The van der Waals surface area contributed by atoms with Crippen LogP contribution in [0.5, 0.6) is 0 Å². The molecule has 0 bridgehead atoms. The Balaban J connectivity index is 1.93. The zero-order valence-electron chi connectivity index (χ0n) is 13.5. The number of amides is 1. The molecule has 0 atom stereocenters. The number of hydrogen-bond acceptors (Lipinski definition) is 4. The standard InChI is InChI=1S/C16H21ClN4O2/c1-16(2,3)23-15(22)19-6-7-21-10-11(9-20-21)13-8-12(18)4-5-14(13)17/h4-5,8-10H,6-7,18H2,1-3H3,(H,19,22). The second-order valence-electron chi connectivity index (χ2n) is 6.16. The Morgan fingerprint density at radius 3 is 2.87 bits per heavy atom. The fourth-order valence-corrected chi connectivity index (χ4v) is 2.20. The van der Waals surface area contributed by atoms with E-state index in [1.165, 1.54) is 0 Å². The quantitative estimate of drug-likeness (QED) is 0.839. The molecule has 2 aromatic rings. The van der Waals surface area contributed by atoms with Crippen molar-refractivity contribution in [1.29, 1.82) is 0 Å². The van der Waals surface area contributed by atoms with E-state index >= 15 is 0 Å². The molecule has 7 heteroatoms. The molecule has 3 N–H and O–H groups in total. The predicted molar refractivity (Wildman–Crippen MR) is 91.3 cm³/mol. The molecule has 124 valence electrons. The number of carbonyl (C=O) groups is 1. The molecule has 23 heavy (non-hydrogen) atoms. The van der Waals surface area contributed by atoms with Crippen LogP contribution in [0.1, 0.15) is 20.8 Å². The van der Waals surface area contributed by atoms with Gasteiger partial charge in [-0.1, -0.05) is 11.6 Å². The smallest absolute Gasteiger partial charge is 0.407 e. The summed E-state index contributed by atoms with van der Waals surface area (Å²) >= 11 is 6.18. The van der Waals surface area contributed by atoms with Crippen molar-refractivity contribution in [3.05, 3.63) is 35.6 Å². The number of nitrogens with two attached hydrogens (primary N) is 1. The number of rotatable bonds is 4. The number of alkyl carbamates (subject to hydrolysis) is 1. The van der Waals surface area contributed by atoms with Crippen LogP contribution >= 0.6 is 11.6 Å². The Labute approximate surface area is 140 Å². The van der Waals surface area contributed by atoms with Gasteiger partial charge in [0.2, 0.25) is 0 Å². The number of anilines is 1.